The molecule has 0 fully saturated rings. The molecule has 20 heavy (non-hydrogen) atoms. The molecule has 0 aromatic heterocycles. The van der Waals surface area contributed by atoms with Crippen molar-refractivity contribution in [1.29, 1.82) is 0 Å². The molecule has 1 aromatic rings. The molecule has 1 rings (SSSR count). The van der Waals surface area contributed by atoms with Crippen LogP contribution in [0.4, 0.5) is 18.9 Å². The Morgan fingerprint density at radius 3 is 2.40 bits per heavy atom. The highest BCUT2D eigenvalue weighted by Crippen LogP contribution is 2.30. The zero-order valence-electron chi connectivity index (χ0n) is 10.8. The largest absolute Gasteiger partial charge is 0.454 e. The van der Waals surface area contributed by atoms with E-state index in [9.17, 15) is 28.1 Å². The molecule has 0 saturated carbocycles. The van der Waals surface area contributed by atoms with Crippen molar-refractivity contribution in [1.82, 2.24) is 0 Å². The second-order valence-corrected chi connectivity index (χ2v) is 4.11. The summed E-state index contributed by atoms with van der Waals surface area (Å²) in [7, 11) is 0. The van der Waals surface area contributed by atoms with Gasteiger partial charge in [-0.05, 0) is 30.5 Å². The van der Waals surface area contributed by atoms with Crippen LogP contribution < -0.4 is 0 Å². The first-order chi connectivity index (χ1) is 9.18. The van der Waals surface area contributed by atoms with E-state index in [-0.39, 0.29) is 23.2 Å². The smallest absolute Gasteiger partial charge is 0.284 e. The Morgan fingerprint density at radius 2 is 2.00 bits per heavy atom. The van der Waals surface area contributed by atoms with Gasteiger partial charge in [-0.3, -0.25) is 14.9 Å². The Balaban J connectivity index is 3.35. The van der Waals surface area contributed by atoms with E-state index in [0.717, 1.165) is 12.1 Å². The Kier molecular flexibility index (Phi) is 4.65. The lowest BCUT2D eigenvalue weighted by molar-refractivity contribution is -0.384. The number of nitrogens with zero attached hydrogens (tertiary/aromatic N) is 1. The molecule has 0 N–H and O–H groups in total. The van der Waals surface area contributed by atoms with Gasteiger partial charge in [0.05, 0.1) is 4.92 Å². The van der Waals surface area contributed by atoms with Crippen LogP contribution in [0.1, 0.15) is 24.5 Å². The lowest BCUT2D eigenvalue weighted by Crippen LogP contribution is -2.24. The van der Waals surface area contributed by atoms with Gasteiger partial charge in [0.15, 0.2) is 0 Å². The number of Topliss-reactive ketones (excluding diaryl/α,β-unsaturated/α-hetero) is 1. The summed E-state index contributed by atoms with van der Waals surface area (Å²) in [4.78, 5) is 21.3. The molecular formula is C13H12F3NO3. The van der Waals surface area contributed by atoms with Gasteiger partial charge in [-0.2, -0.15) is 13.2 Å². The van der Waals surface area contributed by atoms with E-state index in [0.29, 0.717) is 0 Å². The van der Waals surface area contributed by atoms with E-state index >= 15 is 0 Å². The fraction of sp³-hybridized carbons (Fsp3) is 0.308. The van der Waals surface area contributed by atoms with Crippen LogP contribution in [0.25, 0.3) is 5.57 Å². The number of hydrogen-bond donors (Lipinski definition) is 0. The van der Waals surface area contributed by atoms with Gasteiger partial charge in [-0.1, -0.05) is 13.0 Å². The van der Waals surface area contributed by atoms with E-state index in [4.69, 9.17) is 0 Å². The number of aryl methyl sites for hydroxylation is 1. The molecule has 0 saturated heterocycles. The van der Waals surface area contributed by atoms with E-state index in [1.807, 2.05) is 0 Å². The monoisotopic (exact) mass is 287 g/mol. The minimum absolute atomic E-state index is 0.0553. The summed E-state index contributed by atoms with van der Waals surface area (Å²) in [6.45, 7) is 3.03. The number of nitro groups is 1. The highest BCUT2D eigenvalue weighted by atomic mass is 19.4. The van der Waals surface area contributed by atoms with Crippen LogP contribution >= 0.6 is 0 Å². The molecule has 0 spiro atoms. The maximum absolute atomic E-state index is 12.5. The van der Waals surface area contributed by atoms with E-state index in [2.05, 4.69) is 0 Å². The van der Waals surface area contributed by atoms with Gasteiger partial charge in [-0.25, -0.2) is 0 Å². The Labute approximate surface area is 113 Å². The summed E-state index contributed by atoms with van der Waals surface area (Å²) in [5.41, 5.74) is -0.412. The van der Waals surface area contributed by atoms with Crippen LogP contribution in [0.15, 0.2) is 24.3 Å². The second kappa shape index (κ2) is 5.85. The summed E-state index contributed by atoms with van der Waals surface area (Å²) < 4.78 is 37.6. The van der Waals surface area contributed by atoms with Crippen molar-refractivity contribution in [3.63, 3.8) is 0 Å². The molecule has 108 valence electrons. The van der Waals surface area contributed by atoms with Crippen LogP contribution in [-0.2, 0) is 4.79 Å². The summed E-state index contributed by atoms with van der Waals surface area (Å²) in [6.07, 6.45) is -3.56. The van der Waals surface area contributed by atoms with Gasteiger partial charge < -0.3 is 0 Å². The maximum atomic E-state index is 12.5. The summed E-state index contributed by atoms with van der Waals surface area (Å²) >= 11 is 0. The molecular weight excluding hydrogens is 275 g/mol. The molecule has 0 aliphatic heterocycles. The number of non-ortho nitro benzene ring substituents is 1. The number of carbonyl (C=O) groups is 1. The average molecular weight is 287 g/mol. The van der Waals surface area contributed by atoms with E-state index in [1.54, 1.807) is 6.92 Å². The summed E-state index contributed by atoms with van der Waals surface area (Å²) in [5, 5.41) is 10.6. The van der Waals surface area contributed by atoms with Crippen molar-refractivity contribution >= 4 is 17.0 Å². The molecule has 0 bridgehead atoms. The molecule has 0 heterocycles. The third kappa shape index (κ3) is 3.43. The molecule has 7 heteroatoms. The number of ketones is 1. The molecule has 0 aliphatic carbocycles. The van der Waals surface area contributed by atoms with Gasteiger partial charge in [0, 0.05) is 17.7 Å². The fourth-order valence-corrected chi connectivity index (χ4v) is 1.75. The van der Waals surface area contributed by atoms with E-state index < -0.39 is 22.5 Å². The number of benzene rings is 1. The summed E-state index contributed by atoms with van der Waals surface area (Å²) in [5.74, 6) is -1.95. The topological polar surface area (TPSA) is 60.2 Å². The molecule has 0 aliphatic rings. The lowest BCUT2D eigenvalue weighted by Gasteiger charge is -2.12. The predicted molar refractivity (Wildman–Crippen MR) is 67.2 cm³/mol. The number of nitro benzene ring substituents is 1. The number of rotatable bonds is 4. The van der Waals surface area contributed by atoms with E-state index in [1.165, 1.54) is 19.1 Å². The van der Waals surface area contributed by atoms with Gasteiger partial charge >= 0.3 is 6.18 Å². The van der Waals surface area contributed by atoms with Crippen LogP contribution in [0.2, 0.25) is 0 Å². The number of alkyl halides is 3. The second-order valence-electron chi connectivity index (χ2n) is 4.11. The zero-order chi connectivity index (χ0) is 15.5. The SMILES string of the molecule is CC/C=C(/C(=O)C(F)(F)F)c1ccc([N+](=O)[O-])cc1C. The first-order valence-corrected chi connectivity index (χ1v) is 5.75. The fourth-order valence-electron chi connectivity index (χ4n) is 1.75. The van der Waals surface area contributed by atoms with Crippen molar-refractivity contribution in [2.24, 2.45) is 0 Å². The molecule has 0 amide bonds. The van der Waals surface area contributed by atoms with Gasteiger partial charge in [0.25, 0.3) is 11.5 Å². The molecule has 1 aromatic carbocycles. The average Bonchev–Trinajstić information content (AvgIpc) is 2.34. The molecule has 4 nitrogen and oxygen atoms in total. The molecule has 0 unspecified atom stereocenters. The predicted octanol–water partition coefficient (Wildman–Crippen LogP) is 3.83. The van der Waals surface area contributed by atoms with Crippen LogP contribution in [0, 0.1) is 17.0 Å². The minimum atomic E-state index is -4.98. The van der Waals surface area contributed by atoms with Crippen molar-refractivity contribution in [2.75, 3.05) is 0 Å². The number of halogens is 3. The quantitative estimate of drug-likeness (QED) is 0.480. The lowest BCUT2D eigenvalue weighted by atomic mass is 9.95. The number of allylic oxidation sites excluding steroid dienone is 2. The standard InChI is InChI=1S/C13H12F3NO3/c1-3-4-11(12(18)13(14,15)16)10-6-5-9(17(19)20)7-8(10)2/h4-7H,3H2,1-2H3/b11-4+. The highest BCUT2D eigenvalue weighted by Gasteiger charge is 2.41. The maximum Gasteiger partial charge on any atom is 0.454 e. The first-order valence-electron chi connectivity index (χ1n) is 5.75. The summed E-state index contributed by atoms with van der Waals surface area (Å²) in [6, 6.07) is 3.39. The third-order valence-corrected chi connectivity index (χ3v) is 2.62. The van der Waals surface area contributed by atoms with Gasteiger partial charge in [0.1, 0.15) is 0 Å². The van der Waals surface area contributed by atoms with Crippen molar-refractivity contribution in [2.45, 2.75) is 26.4 Å². The van der Waals surface area contributed by atoms with Crippen molar-refractivity contribution in [3.05, 3.63) is 45.5 Å². The first kappa shape index (κ1) is 15.9. The Hall–Kier alpha value is -2.18. The van der Waals surface area contributed by atoms with Gasteiger partial charge in [-0.15, -0.1) is 0 Å². The van der Waals surface area contributed by atoms with Crippen LogP contribution in [0.3, 0.4) is 0 Å². The Bertz CT molecular complexity index is 577. The zero-order valence-corrected chi connectivity index (χ0v) is 10.8. The number of hydrogen-bond acceptors (Lipinski definition) is 3. The van der Waals surface area contributed by atoms with Crippen LogP contribution in [-0.4, -0.2) is 16.9 Å². The van der Waals surface area contributed by atoms with Crippen molar-refractivity contribution < 1.29 is 22.9 Å². The highest BCUT2D eigenvalue weighted by molar-refractivity contribution is 6.23. The Morgan fingerprint density at radius 1 is 1.40 bits per heavy atom. The third-order valence-electron chi connectivity index (χ3n) is 2.62. The minimum Gasteiger partial charge on any atom is -0.284 e. The van der Waals surface area contributed by atoms with Crippen LogP contribution in [0.5, 0.6) is 0 Å². The number of carbonyl (C=O) groups excluding carboxylic acids is 1. The normalized spacial score (nSPS) is 12.3. The molecule has 0 atom stereocenters. The van der Waals surface area contributed by atoms with Crippen molar-refractivity contribution in [3.8, 4) is 0 Å². The van der Waals surface area contributed by atoms with Gasteiger partial charge in [0.2, 0.25) is 0 Å². The molecule has 0 radical (unpaired) electrons.